The van der Waals surface area contributed by atoms with Crippen molar-refractivity contribution in [2.24, 2.45) is 34.5 Å². The first-order chi connectivity index (χ1) is 31.2. The minimum atomic E-state index is -1.90. The van der Waals surface area contributed by atoms with E-state index in [1.54, 1.807) is 54.0 Å². The molecular formula is C52H59N3O10. The molecular weight excluding hydrogens is 827 g/mol. The SMILES string of the molecule is CCN(CC)c1c(O)ccc2nc3c(cc12)Cn1c-3cc2c(c1=O)COC(=O)[C@@]2(CC)OC(=O)COc1ccc(C(=O)O[C@H]2CC[C@@]3(C)C(CCC4C3CC[C@]3(C)C(=O)CCC43)C2)cc1. The molecule has 0 bridgehead atoms. The van der Waals surface area contributed by atoms with Gasteiger partial charge in [0.05, 0.1) is 40.3 Å². The fraction of sp³-hybridized carbons (Fsp3) is 0.538. The predicted molar refractivity (Wildman–Crippen MR) is 241 cm³/mol. The Morgan fingerprint density at radius 3 is 2.48 bits per heavy atom. The predicted octanol–water partition coefficient (Wildman–Crippen LogP) is 8.40. The molecule has 4 aromatic rings. The second-order valence-electron chi connectivity index (χ2n) is 19.9. The number of carbonyl (C=O) groups excluding carboxylic acids is 4. The zero-order valence-corrected chi connectivity index (χ0v) is 38.1. The number of ether oxygens (including phenoxy) is 4. The Kier molecular flexibility index (Phi) is 10.6. The van der Waals surface area contributed by atoms with Gasteiger partial charge in [-0.1, -0.05) is 20.8 Å². The van der Waals surface area contributed by atoms with Gasteiger partial charge in [0.25, 0.3) is 5.56 Å². The lowest BCUT2D eigenvalue weighted by molar-refractivity contribution is -0.190. The Labute approximate surface area is 378 Å². The van der Waals surface area contributed by atoms with Gasteiger partial charge in [0.2, 0.25) is 5.60 Å². The van der Waals surface area contributed by atoms with Gasteiger partial charge in [0.15, 0.2) is 6.61 Å². The van der Waals surface area contributed by atoms with Crippen LogP contribution in [0.3, 0.4) is 0 Å². The maximum Gasteiger partial charge on any atom is 0.355 e. The van der Waals surface area contributed by atoms with E-state index >= 15 is 0 Å². The number of benzene rings is 2. The van der Waals surface area contributed by atoms with Gasteiger partial charge in [-0.25, -0.2) is 19.4 Å². The smallest absolute Gasteiger partial charge is 0.355 e. The normalized spacial score (nSPS) is 29.6. The number of fused-ring (bicyclic) bond motifs is 10. The highest BCUT2D eigenvalue weighted by Crippen LogP contribution is 2.65. The summed E-state index contributed by atoms with van der Waals surface area (Å²) in [6.07, 6.45) is 8.72. The maximum absolute atomic E-state index is 14.1. The van der Waals surface area contributed by atoms with Gasteiger partial charge < -0.3 is 33.5 Å². The van der Waals surface area contributed by atoms with Crippen LogP contribution in [0.4, 0.5) is 5.69 Å². The summed E-state index contributed by atoms with van der Waals surface area (Å²) in [5.41, 5.74) is 1.83. The van der Waals surface area contributed by atoms with Crippen LogP contribution in [0.2, 0.25) is 0 Å². The third-order valence-electron chi connectivity index (χ3n) is 17.0. The Morgan fingerprint density at radius 2 is 1.72 bits per heavy atom. The van der Waals surface area contributed by atoms with E-state index in [4.69, 9.17) is 23.9 Å². The van der Waals surface area contributed by atoms with Gasteiger partial charge in [0.1, 0.15) is 30.0 Å². The van der Waals surface area contributed by atoms with Gasteiger partial charge in [-0.05, 0) is 149 Å². The number of aromatic nitrogens is 2. The minimum absolute atomic E-state index is 0.00101. The summed E-state index contributed by atoms with van der Waals surface area (Å²) in [6, 6.07) is 13.5. The van der Waals surface area contributed by atoms with Crippen molar-refractivity contribution >= 4 is 40.3 Å². The van der Waals surface area contributed by atoms with E-state index in [1.165, 1.54) is 0 Å². The first kappa shape index (κ1) is 43.2. The highest BCUT2D eigenvalue weighted by Gasteiger charge is 2.60. The molecule has 2 aromatic carbocycles. The molecule has 8 atom stereocenters. The van der Waals surface area contributed by atoms with Crippen LogP contribution in [0.5, 0.6) is 11.5 Å². The molecule has 0 spiro atoms. The molecule has 10 rings (SSSR count). The van der Waals surface area contributed by atoms with Crippen molar-refractivity contribution in [1.29, 1.82) is 0 Å². The van der Waals surface area contributed by atoms with Crippen LogP contribution in [-0.4, -0.2) is 64.1 Å². The number of cyclic esters (lactones) is 1. The Morgan fingerprint density at radius 1 is 0.938 bits per heavy atom. The number of carbonyl (C=O) groups is 4. The number of phenolic OH excluding ortho intramolecular Hbond substituents is 1. The molecule has 0 amide bonds. The molecule has 13 nitrogen and oxygen atoms in total. The van der Waals surface area contributed by atoms with Crippen molar-refractivity contribution in [3.8, 4) is 22.9 Å². The van der Waals surface area contributed by atoms with Gasteiger partial charge in [-0.3, -0.25) is 9.59 Å². The number of esters is 3. The summed E-state index contributed by atoms with van der Waals surface area (Å²) in [5.74, 6) is 1.16. The van der Waals surface area contributed by atoms with Crippen molar-refractivity contribution in [2.45, 2.75) is 124 Å². The van der Waals surface area contributed by atoms with Crippen LogP contribution < -0.4 is 15.2 Å². The van der Waals surface area contributed by atoms with Gasteiger partial charge in [-0.15, -0.1) is 0 Å². The van der Waals surface area contributed by atoms with Gasteiger partial charge in [-0.2, -0.15) is 0 Å². The molecule has 13 heteroatoms. The van der Waals surface area contributed by atoms with Crippen molar-refractivity contribution < 1.29 is 43.2 Å². The van der Waals surface area contributed by atoms with Crippen molar-refractivity contribution in [1.82, 2.24) is 9.55 Å². The molecule has 4 saturated carbocycles. The van der Waals surface area contributed by atoms with E-state index in [0.29, 0.717) is 76.4 Å². The zero-order valence-electron chi connectivity index (χ0n) is 38.1. The van der Waals surface area contributed by atoms with Gasteiger partial charge in [0, 0.05) is 41.4 Å². The number of pyridine rings is 2. The Bertz CT molecular complexity index is 2690. The first-order valence-corrected chi connectivity index (χ1v) is 23.8. The van der Waals surface area contributed by atoms with E-state index in [-0.39, 0.29) is 58.9 Å². The maximum atomic E-state index is 14.1. The topological polar surface area (TPSA) is 164 Å². The first-order valence-electron chi connectivity index (χ1n) is 23.8. The van der Waals surface area contributed by atoms with Gasteiger partial charge >= 0.3 is 17.9 Å². The molecule has 0 radical (unpaired) electrons. The fourth-order valence-electron chi connectivity index (χ4n) is 13.4. The number of Topliss-reactive ketones (excluding diaryl/α,β-unsaturated/α-hetero) is 1. The molecule has 4 aliphatic carbocycles. The average molecular weight is 886 g/mol. The second-order valence-corrected chi connectivity index (χ2v) is 19.9. The molecule has 342 valence electrons. The highest BCUT2D eigenvalue weighted by atomic mass is 16.6. The molecule has 0 saturated heterocycles. The summed E-state index contributed by atoms with van der Waals surface area (Å²) < 4.78 is 25.0. The fourth-order valence-corrected chi connectivity index (χ4v) is 13.4. The van der Waals surface area contributed by atoms with E-state index < -0.39 is 30.1 Å². The number of ketones is 1. The van der Waals surface area contributed by atoms with E-state index in [9.17, 15) is 29.1 Å². The number of aromatic hydroxyl groups is 1. The summed E-state index contributed by atoms with van der Waals surface area (Å²) in [6.45, 7) is 11.2. The summed E-state index contributed by atoms with van der Waals surface area (Å²) in [5, 5.41) is 11.6. The molecule has 4 unspecified atom stereocenters. The summed E-state index contributed by atoms with van der Waals surface area (Å²) in [4.78, 5) is 74.6. The van der Waals surface area contributed by atoms with Crippen LogP contribution in [-0.2, 0) is 47.3 Å². The molecule has 2 aliphatic heterocycles. The second kappa shape index (κ2) is 16.0. The zero-order chi connectivity index (χ0) is 45.6. The van der Waals surface area contributed by atoms with E-state index in [1.807, 2.05) is 19.9 Å². The lowest BCUT2D eigenvalue weighted by Gasteiger charge is -2.60. The lowest BCUT2D eigenvalue weighted by atomic mass is 9.45. The van der Waals surface area contributed by atoms with Crippen LogP contribution in [0.25, 0.3) is 22.3 Å². The lowest BCUT2D eigenvalue weighted by Crippen LogP contribution is -2.54. The monoisotopic (exact) mass is 885 g/mol. The number of anilines is 1. The molecule has 65 heavy (non-hydrogen) atoms. The Hall–Kier alpha value is -5.72. The molecule has 6 aliphatic rings. The number of rotatable bonds is 10. The summed E-state index contributed by atoms with van der Waals surface area (Å²) >= 11 is 0. The van der Waals surface area contributed by atoms with Crippen molar-refractivity contribution in [2.75, 3.05) is 24.6 Å². The van der Waals surface area contributed by atoms with Crippen LogP contribution in [0.1, 0.15) is 126 Å². The number of nitrogens with zero attached hydrogens (tertiary/aromatic N) is 3. The largest absolute Gasteiger partial charge is 0.506 e. The average Bonchev–Trinajstić information content (AvgIpc) is 3.82. The van der Waals surface area contributed by atoms with E-state index in [0.717, 1.165) is 68.7 Å². The number of hydrogen-bond acceptors (Lipinski definition) is 12. The van der Waals surface area contributed by atoms with Crippen LogP contribution in [0.15, 0.2) is 53.3 Å². The molecule has 2 aromatic heterocycles. The van der Waals surface area contributed by atoms with Crippen molar-refractivity contribution in [3.05, 3.63) is 81.1 Å². The quantitative estimate of drug-likeness (QED) is 0.105. The van der Waals surface area contributed by atoms with Crippen LogP contribution in [0, 0.1) is 34.5 Å². The molecule has 1 N–H and O–H groups in total. The third kappa shape index (κ3) is 6.76. The standard InChI is InChI=1S/C52H59N3O10/c1-6-52(39-25-41-45-30(26-55(41)47(59)36(39)27-63-49(52)61)23-35-40(53-45)16-17-42(56)46(35)54(7-2)8-3)65-44(58)28-62-32-12-9-29(10-13-32)48(60)64-33-19-21-50(4)31(24-33)11-14-34-37-15-18-43(57)51(37,5)22-20-38(34)50/h9-10,12-13,16-17,23,25,31,33-34,37-38,56H,6-8,11,14-15,18-22,24,26-28H2,1-5H3/t31?,33-,34?,37?,38?,50-,51-,52-/m0/s1. The molecule has 4 fully saturated rings. The third-order valence-corrected chi connectivity index (χ3v) is 17.0. The molecule has 4 heterocycles. The van der Waals surface area contributed by atoms with Crippen molar-refractivity contribution in [3.63, 3.8) is 0 Å². The number of hydrogen-bond donors (Lipinski definition) is 1. The Balaban J connectivity index is 0.797. The van der Waals surface area contributed by atoms with E-state index in [2.05, 4.69) is 18.7 Å². The van der Waals surface area contributed by atoms with Crippen LogP contribution >= 0.6 is 0 Å². The minimum Gasteiger partial charge on any atom is -0.506 e. The highest BCUT2D eigenvalue weighted by molar-refractivity contribution is 5.97. The number of phenols is 1. The summed E-state index contributed by atoms with van der Waals surface area (Å²) in [7, 11) is 0.